The van der Waals surface area contributed by atoms with E-state index in [4.69, 9.17) is 0 Å². The Bertz CT molecular complexity index is 656. The van der Waals surface area contributed by atoms with Crippen molar-refractivity contribution in [1.29, 1.82) is 0 Å². The molecule has 2 aliphatic rings. The third-order valence-corrected chi connectivity index (χ3v) is 6.15. The Morgan fingerprint density at radius 1 is 0.957 bits per heavy atom. The van der Waals surface area contributed by atoms with Crippen molar-refractivity contribution < 1.29 is 5.11 Å². The molecule has 2 aromatic carbocycles. The maximum absolute atomic E-state index is 11.5. The lowest BCUT2D eigenvalue weighted by atomic mass is 9.75. The fourth-order valence-corrected chi connectivity index (χ4v) is 4.76. The fraction of sp³-hybridized carbons (Fsp3) is 0.400. The highest BCUT2D eigenvalue weighted by Crippen LogP contribution is 2.51. The largest absolute Gasteiger partial charge is 0.384 e. The van der Waals surface area contributed by atoms with Crippen molar-refractivity contribution in [2.24, 2.45) is 11.8 Å². The number of aliphatic hydroxyl groups is 1. The van der Waals surface area contributed by atoms with Gasteiger partial charge in [0.15, 0.2) is 0 Å². The summed E-state index contributed by atoms with van der Waals surface area (Å²) < 4.78 is 1.07. The van der Waals surface area contributed by atoms with Crippen LogP contribution in [0.25, 0.3) is 0 Å². The number of rotatable bonds is 3. The number of hydrogen-bond donors (Lipinski definition) is 1. The SMILES string of the molecule is OC1(c2ccc(Br)cc2)[C@@H]2CC[C@H]1CN(Cc1ccccc1)C2. The van der Waals surface area contributed by atoms with E-state index in [-0.39, 0.29) is 0 Å². The first kappa shape index (κ1) is 15.4. The number of likely N-dealkylation sites (tertiary alicyclic amines) is 1. The monoisotopic (exact) mass is 371 g/mol. The second-order valence-electron chi connectivity index (χ2n) is 6.98. The first-order chi connectivity index (χ1) is 11.2. The van der Waals surface area contributed by atoms with E-state index in [0.29, 0.717) is 11.8 Å². The quantitative estimate of drug-likeness (QED) is 0.874. The number of hydrogen-bond acceptors (Lipinski definition) is 2. The molecule has 0 amide bonds. The summed E-state index contributed by atoms with van der Waals surface area (Å²) in [6, 6.07) is 18.9. The van der Waals surface area contributed by atoms with E-state index >= 15 is 0 Å². The summed E-state index contributed by atoms with van der Waals surface area (Å²) in [6.45, 7) is 2.96. The molecule has 2 bridgehead atoms. The second kappa shape index (κ2) is 6.04. The van der Waals surface area contributed by atoms with Gasteiger partial charge in [0.2, 0.25) is 0 Å². The van der Waals surface area contributed by atoms with Crippen LogP contribution in [0.3, 0.4) is 0 Å². The summed E-state index contributed by atoms with van der Waals surface area (Å²) in [7, 11) is 0. The number of benzene rings is 2. The predicted molar refractivity (Wildman–Crippen MR) is 96.0 cm³/mol. The van der Waals surface area contributed by atoms with E-state index in [1.807, 2.05) is 12.1 Å². The first-order valence-electron chi connectivity index (χ1n) is 8.41. The Labute approximate surface area is 146 Å². The minimum absolute atomic E-state index is 0.339. The van der Waals surface area contributed by atoms with Crippen molar-refractivity contribution in [3.63, 3.8) is 0 Å². The Balaban J connectivity index is 1.55. The van der Waals surface area contributed by atoms with Crippen molar-refractivity contribution >= 4 is 15.9 Å². The molecule has 1 unspecified atom stereocenters. The third-order valence-electron chi connectivity index (χ3n) is 5.62. The van der Waals surface area contributed by atoms with E-state index in [9.17, 15) is 5.11 Å². The van der Waals surface area contributed by atoms with E-state index in [1.165, 1.54) is 5.56 Å². The number of nitrogens with zero attached hydrogens (tertiary/aromatic N) is 1. The number of fused-ring (bicyclic) bond motifs is 2. The lowest BCUT2D eigenvalue weighted by Crippen LogP contribution is -2.51. The summed E-state index contributed by atoms with van der Waals surface area (Å²) in [5, 5.41) is 11.5. The van der Waals surface area contributed by atoms with Gasteiger partial charge in [0.25, 0.3) is 0 Å². The zero-order valence-electron chi connectivity index (χ0n) is 13.2. The molecule has 4 rings (SSSR count). The molecule has 2 aromatic rings. The van der Waals surface area contributed by atoms with Crippen molar-refractivity contribution in [1.82, 2.24) is 4.90 Å². The lowest BCUT2D eigenvalue weighted by Gasteiger charge is -2.45. The average Bonchev–Trinajstić information content (AvgIpc) is 2.74. The van der Waals surface area contributed by atoms with Gasteiger partial charge >= 0.3 is 0 Å². The zero-order valence-corrected chi connectivity index (χ0v) is 14.7. The van der Waals surface area contributed by atoms with Crippen LogP contribution in [0.4, 0.5) is 0 Å². The molecule has 1 saturated heterocycles. The van der Waals surface area contributed by atoms with Crippen LogP contribution in [0.1, 0.15) is 24.0 Å². The molecular formula is C20H22BrNO. The van der Waals surface area contributed by atoms with E-state index in [0.717, 1.165) is 42.5 Å². The van der Waals surface area contributed by atoms with Crippen LogP contribution in [-0.2, 0) is 12.1 Å². The van der Waals surface area contributed by atoms with Crippen molar-refractivity contribution in [3.8, 4) is 0 Å². The highest BCUT2D eigenvalue weighted by Gasteiger charge is 2.53. The molecule has 3 atom stereocenters. The Kier molecular flexibility index (Phi) is 4.04. The van der Waals surface area contributed by atoms with Gasteiger partial charge in [0.05, 0.1) is 5.60 Å². The molecule has 1 saturated carbocycles. The standard InChI is InChI=1S/C20H22BrNO/c21-19-10-8-16(9-11-19)20(23)17-6-7-18(20)14-22(13-17)12-15-4-2-1-3-5-15/h1-5,8-11,17-18,23H,6-7,12-14H2/t17-,18+,20?. The molecule has 1 heterocycles. The molecule has 1 aliphatic heterocycles. The molecule has 2 nitrogen and oxygen atoms in total. The maximum Gasteiger partial charge on any atom is 0.0976 e. The average molecular weight is 372 g/mol. The summed E-state index contributed by atoms with van der Waals surface area (Å²) in [5.41, 5.74) is 1.81. The van der Waals surface area contributed by atoms with Gasteiger partial charge in [-0.1, -0.05) is 58.4 Å². The summed E-state index contributed by atoms with van der Waals surface area (Å²) in [4.78, 5) is 2.52. The molecule has 1 N–H and O–H groups in total. The minimum atomic E-state index is -0.645. The highest BCUT2D eigenvalue weighted by atomic mass is 79.9. The van der Waals surface area contributed by atoms with Crippen molar-refractivity contribution in [2.75, 3.05) is 13.1 Å². The Morgan fingerprint density at radius 3 is 2.17 bits per heavy atom. The van der Waals surface area contributed by atoms with Gasteiger partial charge in [0.1, 0.15) is 0 Å². The van der Waals surface area contributed by atoms with Crippen LogP contribution in [0.5, 0.6) is 0 Å². The highest BCUT2D eigenvalue weighted by molar-refractivity contribution is 9.10. The molecule has 0 aromatic heterocycles. The number of halogens is 1. The van der Waals surface area contributed by atoms with E-state index in [2.05, 4.69) is 63.3 Å². The Morgan fingerprint density at radius 2 is 1.57 bits per heavy atom. The van der Waals surface area contributed by atoms with Crippen LogP contribution in [0.2, 0.25) is 0 Å². The van der Waals surface area contributed by atoms with E-state index in [1.54, 1.807) is 0 Å². The van der Waals surface area contributed by atoms with Gasteiger partial charge < -0.3 is 5.11 Å². The van der Waals surface area contributed by atoms with Gasteiger partial charge in [-0.25, -0.2) is 0 Å². The fourth-order valence-electron chi connectivity index (χ4n) is 4.49. The predicted octanol–water partition coefficient (Wildman–Crippen LogP) is 4.18. The smallest absolute Gasteiger partial charge is 0.0976 e. The first-order valence-corrected chi connectivity index (χ1v) is 9.20. The third kappa shape index (κ3) is 2.75. The van der Waals surface area contributed by atoms with Gasteiger partial charge in [0, 0.05) is 35.9 Å². The summed E-state index contributed by atoms with van der Waals surface area (Å²) >= 11 is 3.49. The topological polar surface area (TPSA) is 23.5 Å². The van der Waals surface area contributed by atoms with Crippen LogP contribution in [0.15, 0.2) is 59.1 Å². The van der Waals surface area contributed by atoms with Crippen LogP contribution in [0, 0.1) is 11.8 Å². The van der Waals surface area contributed by atoms with Crippen LogP contribution in [-0.4, -0.2) is 23.1 Å². The van der Waals surface area contributed by atoms with Gasteiger partial charge in [-0.15, -0.1) is 0 Å². The molecule has 23 heavy (non-hydrogen) atoms. The maximum atomic E-state index is 11.5. The Hall–Kier alpha value is -1.16. The summed E-state index contributed by atoms with van der Waals surface area (Å²) in [5.74, 6) is 0.678. The van der Waals surface area contributed by atoms with Crippen molar-refractivity contribution in [2.45, 2.75) is 25.0 Å². The minimum Gasteiger partial charge on any atom is -0.384 e. The van der Waals surface area contributed by atoms with Crippen molar-refractivity contribution in [3.05, 3.63) is 70.2 Å². The molecule has 2 fully saturated rings. The van der Waals surface area contributed by atoms with Crippen LogP contribution < -0.4 is 0 Å². The molecule has 120 valence electrons. The normalized spacial score (nSPS) is 30.5. The molecular weight excluding hydrogens is 350 g/mol. The van der Waals surface area contributed by atoms with Gasteiger partial charge in [-0.3, -0.25) is 4.90 Å². The molecule has 0 spiro atoms. The van der Waals surface area contributed by atoms with E-state index < -0.39 is 5.60 Å². The van der Waals surface area contributed by atoms with Crippen LogP contribution >= 0.6 is 15.9 Å². The second-order valence-corrected chi connectivity index (χ2v) is 7.90. The molecule has 1 aliphatic carbocycles. The zero-order chi connectivity index (χ0) is 15.9. The summed E-state index contributed by atoms with van der Waals surface area (Å²) in [6.07, 6.45) is 2.26. The lowest BCUT2D eigenvalue weighted by molar-refractivity contribution is -0.0914. The number of piperidine rings is 1. The molecule has 3 heteroatoms. The van der Waals surface area contributed by atoms with Gasteiger partial charge in [-0.05, 0) is 36.1 Å². The molecule has 0 radical (unpaired) electrons. The van der Waals surface area contributed by atoms with Gasteiger partial charge in [-0.2, -0.15) is 0 Å².